The van der Waals surface area contributed by atoms with Crippen LogP contribution < -0.4 is 4.90 Å². The standard InChI is InChI=1S/C37H28BrN3O7/c1-17-3-4-20(12-30(17)41(46)47)31(42)16-48-37(45)28-15-29(39-34-18(2)11-21(38)13-27(28)34)19-5-7-22(8-6-19)40-35(43)32-23-9-10-24(26-14-25(23)26)33(32)36(40)44/h3-13,15,23-26,32-33H,14,16H2,1-2H3. The van der Waals surface area contributed by atoms with Crippen molar-refractivity contribution < 1.29 is 28.8 Å². The minimum absolute atomic E-state index is 0.0639. The summed E-state index contributed by atoms with van der Waals surface area (Å²) in [5, 5.41) is 11.9. The Labute approximate surface area is 283 Å². The number of hydrogen-bond donors (Lipinski definition) is 0. The van der Waals surface area contributed by atoms with E-state index in [9.17, 15) is 29.3 Å². The fraction of sp³-hybridized carbons (Fsp3) is 0.270. The van der Waals surface area contributed by atoms with Crippen molar-refractivity contribution in [2.45, 2.75) is 20.3 Å². The molecule has 48 heavy (non-hydrogen) atoms. The number of benzene rings is 3. The summed E-state index contributed by atoms with van der Waals surface area (Å²) < 4.78 is 6.18. The number of ketones is 1. The number of aryl methyl sites for hydroxylation is 2. The number of Topliss-reactive ketones (excluding diaryl/α,β-unsaturated/α-hetero) is 1. The number of rotatable bonds is 7. The minimum Gasteiger partial charge on any atom is -0.454 e. The lowest BCUT2D eigenvalue weighted by Gasteiger charge is -2.37. The summed E-state index contributed by atoms with van der Waals surface area (Å²) >= 11 is 3.48. The van der Waals surface area contributed by atoms with Gasteiger partial charge in [-0.15, -0.1) is 0 Å². The Hall–Kier alpha value is -5.03. The average Bonchev–Trinajstić information content (AvgIpc) is 3.85. The van der Waals surface area contributed by atoms with Crippen LogP contribution in [0.4, 0.5) is 11.4 Å². The molecule has 2 saturated carbocycles. The van der Waals surface area contributed by atoms with Gasteiger partial charge in [-0.2, -0.15) is 0 Å². The van der Waals surface area contributed by atoms with E-state index in [0.717, 1.165) is 16.5 Å². The molecule has 1 saturated heterocycles. The zero-order valence-corrected chi connectivity index (χ0v) is 27.5. The van der Waals surface area contributed by atoms with Gasteiger partial charge in [-0.3, -0.25) is 29.4 Å². The van der Waals surface area contributed by atoms with Crippen LogP contribution in [-0.4, -0.2) is 40.1 Å². The third-order valence-electron chi connectivity index (χ3n) is 10.4. The Balaban J connectivity index is 1.08. The van der Waals surface area contributed by atoms with Crippen LogP contribution in [0.2, 0.25) is 0 Å². The quantitative estimate of drug-likeness (QED) is 0.0512. The summed E-state index contributed by atoms with van der Waals surface area (Å²) in [6, 6.07) is 16.3. The van der Waals surface area contributed by atoms with E-state index in [1.807, 2.05) is 13.0 Å². The molecule has 2 heterocycles. The molecule has 3 aromatic carbocycles. The number of allylic oxidation sites excluding steroid dienone is 2. The zero-order valence-electron chi connectivity index (χ0n) is 25.9. The number of halogens is 1. The van der Waals surface area contributed by atoms with E-state index in [1.54, 1.807) is 43.3 Å². The lowest BCUT2D eigenvalue weighted by atomic mass is 9.63. The van der Waals surface area contributed by atoms with Gasteiger partial charge >= 0.3 is 5.97 Å². The molecule has 4 aliphatic carbocycles. The molecule has 5 aliphatic rings. The molecule has 9 rings (SSSR count). The van der Waals surface area contributed by atoms with Crippen LogP contribution in [0.1, 0.15) is 38.3 Å². The Kier molecular flexibility index (Phi) is 6.96. The van der Waals surface area contributed by atoms with Crippen LogP contribution in [0.15, 0.2) is 77.3 Å². The predicted molar refractivity (Wildman–Crippen MR) is 179 cm³/mol. The number of esters is 1. The minimum atomic E-state index is -0.759. The van der Waals surface area contributed by atoms with Gasteiger partial charge in [0.2, 0.25) is 17.6 Å². The number of nitrogens with zero attached hydrogens (tertiary/aromatic N) is 3. The summed E-state index contributed by atoms with van der Waals surface area (Å²) in [5.74, 6) is -0.865. The number of hydrogen-bond acceptors (Lipinski definition) is 8. The molecule has 1 aromatic heterocycles. The van der Waals surface area contributed by atoms with Crippen LogP contribution in [-0.2, 0) is 14.3 Å². The molecule has 2 bridgehead atoms. The summed E-state index contributed by atoms with van der Waals surface area (Å²) in [7, 11) is 0. The van der Waals surface area contributed by atoms with Gasteiger partial charge in [0.1, 0.15) is 0 Å². The van der Waals surface area contributed by atoms with Gasteiger partial charge < -0.3 is 4.74 Å². The molecule has 240 valence electrons. The van der Waals surface area contributed by atoms with Crippen LogP contribution in [0.25, 0.3) is 22.2 Å². The first-order valence-corrected chi connectivity index (χ1v) is 16.5. The van der Waals surface area contributed by atoms with Crippen molar-refractivity contribution >= 4 is 61.8 Å². The average molecular weight is 707 g/mol. The number of anilines is 1. The van der Waals surface area contributed by atoms with E-state index < -0.39 is 23.3 Å². The number of nitro benzene ring substituents is 1. The number of nitro groups is 1. The maximum absolute atomic E-state index is 13.6. The monoisotopic (exact) mass is 705 g/mol. The number of ether oxygens (including phenoxy) is 1. The molecule has 2 amide bonds. The first-order valence-electron chi connectivity index (χ1n) is 15.7. The van der Waals surface area contributed by atoms with E-state index in [2.05, 4.69) is 28.1 Å². The molecule has 0 radical (unpaired) electrons. The molecular formula is C37H28BrN3O7. The first kappa shape index (κ1) is 30.3. The topological polar surface area (TPSA) is 137 Å². The van der Waals surface area contributed by atoms with Gasteiger partial charge in [0, 0.05) is 32.6 Å². The number of aromatic nitrogens is 1. The van der Waals surface area contributed by atoms with Gasteiger partial charge in [-0.1, -0.05) is 52.3 Å². The lowest BCUT2D eigenvalue weighted by molar-refractivity contribution is -0.385. The smallest absolute Gasteiger partial charge is 0.339 e. The summed E-state index contributed by atoms with van der Waals surface area (Å²) in [5.41, 5.74) is 3.44. The van der Waals surface area contributed by atoms with Crippen molar-refractivity contribution in [3.05, 3.63) is 110 Å². The van der Waals surface area contributed by atoms with E-state index in [4.69, 9.17) is 9.72 Å². The Morgan fingerprint density at radius 1 is 0.938 bits per heavy atom. The molecule has 0 spiro atoms. The summed E-state index contributed by atoms with van der Waals surface area (Å²) in [6.07, 6.45) is 5.40. The SMILES string of the molecule is Cc1ccc(C(=O)COC(=O)c2cc(-c3ccc(N4C(=O)C5C6C=CC(C7CC67)C5C4=O)cc3)nc3c(C)cc(Br)cc23)cc1[N+](=O)[O-]. The lowest BCUT2D eigenvalue weighted by Crippen LogP contribution is -2.40. The highest BCUT2D eigenvalue weighted by Crippen LogP contribution is 2.65. The molecule has 3 fully saturated rings. The number of carbonyl (C=O) groups is 4. The van der Waals surface area contributed by atoms with E-state index in [1.165, 1.54) is 23.1 Å². The van der Waals surface area contributed by atoms with Crippen molar-refractivity contribution in [1.29, 1.82) is 0 Å². The maximum atomic E-state index is 13.6. The van der Waals surface area contributed by atoms with Crippen molar-refractivity contribution in [3.8, 4) is 11.3 Å². The predicted octanol–water partition coefficient (Wildman–Crippen LogP) is 6.79. The number of fused-ring (bicyclic) bond motifs is 1. The van der Waals surface area contributed by atoms with Crippen molar-refractivity contribution in [2.75, 3.05) is 11.5 Å². The van der Waals surface area contributed by atoms with Crippen LogP contribution >= 0.6 is 15.9 Å². The number of pyridine rings is 1. The second-order valence-corrected chi connectivity index (χ2v) is 14.1. The van der Waals surface area contributed by atoms with Crippen molar-refractivity contribution in [1.82, 2.24) is 4.98 Å². The fourth-order valence-corrected chi connectivity index (χ4v) is 8.61. The van der Waals surface area contributed by atoms with E-state index >= 15 is 0 Å². The molecule has 11 heteroatoms. The summed E-state index contributed by atoms with van der Waals surface area (Å²) in [4.78, 5) is 70.6. The maximum Gasteiger partial charge on any atom is 0.339 e. The second kappa shape index (κ2) is 11.0. The zero-order chi connectivity index (χ0) is 33.6. The highest BCUT2D eigenvalue weighted by atomic mass is 79.9. The van der Waals surface area contributed by atoms with Gasteiger partial charge in [0.05, 0.1) is 39.2 Å². The van der Waals surface area contributed by atoms with Crippen molar-refractivity contribution in [3.63, 3.8) is 0 Å². The van der Waals surface area contributed by atoms with Crippen LogP contribution in [0.5, 0.6) is 0 Å². The van der Waals surface area contributed by atoms with Crippen LogP contribution in [0.3, 0.4) is 0 Å². The number of imide groups is 1. The molecule has 1 aliphatic heterocycles. The van der Waals surface area contributed by atoms with Gasteiger partial charge in [-0.05, 0) is 79.8 Å². The molecule has 0 N–H and O–H groups in total. The highest BCUT2D eigenvalue weighted by molar-refractivity contribution is 9.10. The van der Waals surface area contributed by atoms with Gasteiger partial charge in [0.15, 0.2) is 6.61 Å². The molecule has 6 unspecified atom stereocenters. The van der Waals surface area contributed by atoms with Gasteiger partial charge in [0.25, 0.3) is 5.69 Å². The molecular weight excluding hydrogens is 678 g/mol. The third kappa shape index (κ3) is 4.70. The molecule has 6 atom stereocenters. The molecule has 10 nitrogen and oxygen atoms in total. The van der Waals surface area contributed by atoms with E-state index in [0.29, 0.717) is 45.2 Å². The van der Waals surface area contributed by atoms with E-state index in [-0.39, 0.29) is 52.3 Å². The molecule has 4 aromatic rings. The Morgan fingerprint density at radius 3 is 2.25 bits per heavy atom. The van der Waals surface area contributed by atoms with Gasteiger partial charge in [-0.25, -0.2) is 9.78 Å². The third-order valence-corrected chi connectivity index (χ3v) is 10.9. The second-order valence-electron chi connectivity index (χ2n) is 13.1. The van der Waals surface area contributed by atoms with Crippen molar-refractivity contribution in [2.24, 2.45) is 35.5 Å². The fourth-order valence-electron chi connectivity index (χ4n) is 8.04. The Bertz CT molecular complexity index is 2120. The van der Waals surface area contributed by atoms with Crippen LogP contribution in [0, 0.1) is 59.5 Å². The number of amides is 2. The summed E-state index contributed by atoms with van der Waals surface area (Å²) in [6.45, 7) is 2.83. The Morgan fingerprint density at radius 2 is 1.60 bits per heavy atom. The normalized spacial score (nSPS) is 24.9. The number of carbonyl (C=O) groups excluding carboxylic acids is 4. The first-order chi connectivity index (χ1) is 23.0. The largest absolute Gasteiger partial charge is 0.454 e. The highest BCUT2D eigenvalue weighted by Gasteiger charge is 2.67.